The SMILES string of the molecule is CC(C)CONCCOc1ccc(C(=O)O)cc1. The average Bonchev–Trinajstić information content (AvgIpc) is 2.34. The summed E-state index contributed by atoms with van der Waals surface area (Å²) in [7, 11) is 0. The Balaban J connectivity index is 2.17. The van der Waals surface area contributed by atoms with Crippen LogP contribution >= 0.6 is 0 Å². The topological polar surface area (TPSA) is 67.8 Å². The molecule has 100 valence electrons. The maximum absolute atomic E-state index is 10.6. The van der Waals surface area contributed by atoms with Crippen LogP contribution in [0.5, 0.6) is 5.75 Å². The minimum absolute atomic E-state index is 0.251. The van der Waals surface area contributed by atoms with E-state index < -0.39 is 5.97 Å². The summed E-state index contributed by atoms with van der Waals surface area (Å²) in [5.41, 5.74) is 3.05. The van der Waals surface area contributed by atoms with Crippen LogP contribution in [0, 0.1) is 5.92 Å². The van der Waals surface area contributed by atoms with Crippen molar-refractivity contribution >= 4 is 5.97 Å². The van der Waals surface area contributed by atoms with E-state index in [0.717, 1.165) is 0 Å². The Kier molecular flexibility index (Phi) is 6.18. The zero-order valence-electron chi connectivity index (χ0n) is 10.7. The van der Waals surface area contributed by atoms with Crippen molar-refractivity contribution < 1.29 is 19.5 Å². The van der Waals surface area contributed by atoms with Crippen LogP contribution in [0.1, 0.15) is 24.2 Å². The molecular weight excluding hydrogens is 234 g/mol. The van der Waals surface area contributed by atoms with Gasteiger partial charge in [0.15, 0.2) is 0 Å². The number of carbonyl (C=O) groups is 1. The van der Waals surface area contributed by atoms with Crippen molar-refractivity contribution in [3.05, 3.63) is 29.8 Å². The lowest BCUT2D eigenvalue weighted by atomic mass is 10.2. The smallest absolute Gasteiger partial charge is 0.335 e. The second kappa shape index (κ2) is 7.68. The highest BCUT2D eigenvalue weighted by Gasteiger charge is 2.01. The highest BCUT2D eigenvalue weighted by Crippen LogP contribution is 2.11. The predicted octanol–water partition coefficient (Wildman–Crippen LogP) is 1.94. The molecule has 0 unspecified atom stereocenters. The summed E-state index contributed by atoms with van der Waals surface area (Å²) in [6.45, 7) is 5.84. The number of carboxylic acid groups (broad SMARTS) is 1. The van der Waals surface area contributed by atoms with Crippen LogP contribution in [0.15, 0.2) is 24.3 Å². The van der Waals surface area contributed by atoms with Gasteiger partial charge >= 0.3 is 5.97 Å². The minimum atomic E-state index is -0.940. The average molecular weight is 253 g/mol. The van der Waals surface area contributed by atoms with Gasteiger partial charge in [-0.15, -0.1) is 0 Å². The number of carboxylic acids is 1. The molecule has 5 nitrogen and oxygen atoms in total. The molecule has 1 aromatic rings. The van der Waals surface area contributed by atoms with Crippen molar-refractivity contribution in [3.63, 3.8) is 0 Å². The summed E-state index contributed by atoms with van der Waals surface area (Å²) in [6, 6.07) is 6.30. The molecule has 1 aromatic carbocycles. The number of ether oxygens (including phenoxy) is 1. The van der Waals surface area contributed by atoms with E-state index in [1.165, 1.54) is 12.1 Å². The first-order valence-corrected chi connectivity index (χ1v) is 5.90. The summed E-state index contributed by atoms with van der Waals surface area (Å²) in [4.78, 5) is 15.8. The van der Waals surface area contributed by atoms with Crippen molar-refractivity contribution in [2.75, 3.05) is 19.8 Å². The van der Waals surface area contributed by atoms with Gasteiger partial charge in [-0.25, -0.2) is 4.79 Å². The first kappa shape index (κ1) is 14.5. The molecule has 18 heavy (non-hydrogen) atoms. The zero-order chi connectivity index (χ0) is 13.4. The van der Waals surface area contributed by atoms with Crippen LogP contribution in [0.4, 0.5) is 0 Å². The first-order valence-electron chi connectivity index (χ1n) is 5.90. The number of rotatable bonds is 8. The Morgan fingerprint density at radius 2 is 2.00 bits per heavy atom. The van der Waals surface area contributed by atoms with Crippen LogP contribution in [0.2, 0.25) is 0 Å². The van der Waals surface area contributed by atoms with E-state index in [1.807, 2.05) is 0 Å². The minimum Gasteiger partial charge on any atom is -0.492 e. The van der Waals surface area contributed by atoms with E-state index >= 15 is 0 Å². The second-order valence-electron chi connectivity index (χ2n) is 4.28. The molecule has 1 rings (SSSR count). The number of hydrogen-bond donors (Lipinski definition) is 2. The maximum atomic E-state index is 10.6. The van der Waals surface area contributed by atoms with Gasteiger partial charge in [0.2, 0.25) is 0 Å². The lowest BCUT2D eigenvalue weighted by molar-refractivity contribution is 0.0180. The van der Waals surface area contributed by atoms with E-state index in [0.29, 0.717) is 31.4 Å². The predicted molar refractivity (Wildman–Crippen MR) is 67.7 cm³/mol. The van der Waals surface area contributed by atoms with Gasteiger partial charge in [0.1, 0.15) is 12.4 Å². The third kappa shape index (κ3) is 5.65. The Morgan fingerprint density at radius 1 is 1.33 bits per heavy atom. The number of hydrogen-bond acceptors (Lipinski definition) is 4. The summed E-state index contributed by atoms with van der Waals surface area (Å²) in [6.07, 6.45) is 0. The third-order valence-electron chi connectivity index (χ3n) is 2.09. The van der Waals surface area contributed by atoms with Gasteiger partial charge < -0.3 is 14.7 Å². The molecule has 0 atom stereocenters. The molecule has 0 saturated heterocycles. The highest BCUT2D eigenvalue weighted by atomic mass is 16.6. The summed E-state index contributed by atoms with van der Waals surface area (Å²) in [5.74, 6) is 0.193. The summed E-state index contributed by atoms with van der Waals surface area (Å²) < 4.78 is 5.41. The summed E-state index contributed by atoms with van der Waals surface area (Å²) in [5, 5.41) is 8.73. The Bertz CT molecular complexity index is 362. The van der Waals surface area contributed by atoms with Gasteiger partial charge in [-0.05, 0) is 30.2 Å². The molecule has 5 heteroatoms. The second-order valence-corrected chi connectivity index (χ2v) is 4.28. The zero-order valence-corrected chi connectivity index (χ0v) is 10.7. The van der Waals surface area contributed by atoms with Crippen molar-refractivity contribution in [1.29, 1.82) is 0 Å². The fourth-order valence-electron chi connectivity index (χ4n) is 1.20. The largest absolute Gasteiger partial charge is 0.492 e. The van der Waals surface area contributed by atoms with Crippen molar-refractivity contribution in [1.82, 2.24) is 5.48 Å². The van der Waals surface area contributed by atoms with Gasteiger partial charge in [-0.2, -0.15) is 5.48 Å². The molecule has 0 bridgehead atoms. The normalized spacial score (nSPS) is 10.6. The lowest BCUT2D eigenvalue weighted by Crippen LogP contribution is -2.23. The molecule has 0 amide bonds. The van der Waals surface area contributed by atoms with E-state index in [-0.39, 0.29) is 5.56 Å². The van der Waals surface area contributed by atoms with Crippen LogP contribution in [0.25, 0.3) is 0 Å². The van der Waals surface area contributed by atoms with Crippen LogP contribution in [-0.2, 0) is 4.84 Å². The van der Waals surface area contributed by atoms with Gasteiger partial charge in [0.25, 0.3) is 0 Å². The molecule has 0 aliphatic heterocycles. The highest BCUT2D eigenvalue weighted by molar-refractivity contribution is 5.87. The first-order chi connectivity index (χ1) is 8.59. The lowest BCUT2D eigenvalue weighted by Gasteiger charge is -2.09. The molecule has 0 aliphatic rings. The van der Waals surface area contributed by atoms with Crippen molar-refractivity contribution in [2.45, 2.75) is 13.8 Å². The molecule has 2 N–H and O–H groups in total. The van der Waals surface area contributed by atoms with E-state index in [1.54, 1.807) is 12.1 Å². The molecule has 0 aliphatic carbocycles. The van der Waals surface area contributed by atoms with Gasteiger partial charge in [0, 0.05) is 0 Å². The van der Waals surface area contributed by atoms with Crippen LogP contribution in [-0.4, -0.2) is 30.8 Å². The fraction of sp³-hybridized carbons (Fsp3) is 0.462. The van der Waals surface area contributed by atoms with Gasteiger partial charge in [0.05, 0.1) is 18.7 Å². The van der Waals surface area contributed by atoms with Crippen LogP contribution in [0.3, 0.4) is 0 Å². The molecular formula is C13H19NO4. The summed E-state index contributed by atoms with van der Waals surface area (Å²) >= 11 is 0. The van der Waals surface area contributed by atoms with Crippen molar-refractivity contribution in [3.8, 4) is 5.75 Å². The molecule has 0 radical (unpaired) electrons. The van der Waals surface area contributed by atoms with Crippen LogP contribution < -0.4 is 10.2 Å². The maximum Gasteiger partial charge on any atom is 0.335 e. The fourth-order valence-corrected chi connectivity index (χ4v) is 1.20. The van der Waals surface area contributed by atoms with Crippen molar-refractivity contribution in [2.24, 2.45) is 5.92 Å². The van der Waals surface area contributed by atoms with Gasteiger partial charge in [-0.1, -0.05) is 13.8 Å². The number of hydroxylamine groups is 1. The van der Waals surface area contributed by atoms with Gasteiger partial charge in [-0.3, -0.25) is 0 Å². The Labute approximate surface area is 107 Å². The molecule has 0 aromatic heterocycles. The quantitative estimate of drug-likeness (QED) is 0.547. The monoisotopic (exact) mass is 253 g/mol. The number of aromatic carboxylic acids is 1. The third-order valence-corrected chi connectivity index (χ3v) is 2.09. The number of benzene rings is 1. The van der Waals surface area contributed by atoms with E-state index in [4.69, 9.17) is 14.7 Å². The molecule has 0 fully saturated rings. The standard InChI is InChI=1S/C13H19NO4/c1-10(2)9-18-14-7-8-17-12-5-3-11(4-6-12)13(15)16/h3-6,10,14H,7-9H2,1-2H3,(H,15,16). The van der Waals surface area contributed by atoms with E-state index in [9.17, 15) is 4.79 Å². The Hall–Kier alpha value is -1.59. The number of nitrogens with one attached hydrogen (secondary N) is 1. The molecule has 0 saturated carbocycles. The van der Waals surface area contributed by atoms with E-state index in [2.05, 4.69) is 19.3 Å². The Morgan fingerprint density at radius 3 is 2.56 bits per heavy atom. The molecule has 0 heterocycles. The molecule has 0 spiro atoms.